The Hall–Kier alpha value is -0.410. The zero-order valence-corrected chi connectivity index (χ0v) is 12.1. The minimum absolute atomic E-state index is 0.130. The van der Waals surface area contributed by atoms with Crippen LogP contribution in [-0.4, -0.2) is 43.5 Å². The number of rotatable bonds is 2. The van der Waals surface area contributed by atoms with Crippen molar-refractivity contribution < 1.29 is 9.53 Å². The van der Waals surface area contributed by atoms with Crippen molar-refractivity contribution in [3.05, 3.63) is 0 Å². The number of hydrogen-bond acceptors (Lipinski definition) is 3. The van der Waals surface area contributed by atoms with Gasteiger partial charge < -0.3 is 9.64 Å². The maximum absolute atomic E-state index is 11.8. The molecule has 0 radical (unpaired) electrons. The zero-order valence-electron chi connectivity index (χ0n) is 12.1. The summed E-state index contributed by atoms with van der Waals surface area (Å²) in [5.41, 5.74) is 0.426. The first kappa shape index (κ1) is 14.0. The fourth-order valence-electron chi connectivity index (χ4n) is 3.14. The van der Waals surface area contributed by atoms with Gasteiger partial charge in [0.05, 0.1) is 19.1 Å². The standard InChI is InChI=1S/C15H27NO2/c1-15(2,3)13-4-7-16(8-5-13)10-12-11-18-9-6-14(12)17/h12-13H,4-11H2,1-3H3. The first-order chi connectivity index (χ1) is 8.47. The third kappa shape index (κ3) is 3.55. The average Bonchev–Trinajstić information content (AvgIpc) is 2.32. The lowest BCUT2D eigenvalue weighted by atomic mass is 9.75. The third-order valence-electron chi connectivity index (χ3n) is 4.56. The monoisotopic (exact) mass is 253 g/mol. The molecule has 1 atom stereocenters. The lowest BCUT2D eigenvalue weighted by Crippen LogP contribution is -2.43. The smallest absolute Gasteiger partial charge is 0.141 e. The predicted octanol–water partition coefficient (Wildman–Crippen LogP) is 2.35. The number of carbonyl (C=O) groups is 1. The van der Waals surface area contributed by atoms with E-state index in [1.165, 1.54) is 12.8 Å². The molecule has 3 nitrogen and oxygen atoms in total. The topological polar surface area (TPSA) is 29.5 Å². The van der Waals surface area contributed by atoms with Gasteiger partial charge in [-0.2, -0.15) is 0 Å². The van der Waals surface area contributed by atoms with Gasteiger partial charge in [0, 0.05) is 13.0 Å². The molecule has 2 aliphatic rings. The maximum Gasteiger partial charge on any atom is 0.141 e. The van der Waals surface area contributed by atoms with Gasteiger partial charge in [-0.25, -0.2) is 0 Å². The van der Waals surface area contributed by atoms with E-state index >= 15 is 0 Å². The lowest BCUT2D eigenvalue weighted by Gasteiger charge is -2.40. The van der Waals surface area contributed by atoms with Crippen LogP contribution in [0.2, 0.25) is 0 Å². The van der Waals surface area contributed by atoms with Crippen molar-refractivity contribution >= 4 is 5.78 Å². The third-order valence-corrected chi connectivity index (χ3v) is 4.56. The average molecular weight is 253 g/mol. The quantitative estimate of drug-likeness (QED) is 0.756. The van der Waals surface area contributed by atoms with E-state index < -0.39 is 0 Å². The van der Waals surface area contributed by atoms with Crippen LogP contribution < -0.4 is 0 Å². The molecule has 0 saturated carbocycles. The van der Waals surface area contributed by atoms with Crippen molar-refractivity contribution in [2.45, 2.75) is 40.0 Å². The van der Waals surface area contributed by atoms with Gasteiger partial charge in [0.1, 0.15) is 5.78 Å². The second-order valence-electron chi connectivity index (χ2n) is 6.93. The van der Waals surface area contributed by atoms with Crippen LogP contribution in [0.15, 0.2) is 0 Å². The summed E-state index contributed by atoms with van der Waals surface area (Å²) in [5, 5.41) is 0. The van der Waals surface area contributed by atoms with E-state index in [1.807, 2.05) is 0 Å². The Morgan fingerprint density at radius 3 is 2.50 bits per heavy atom. The summed E-state index contributed by atoms with van der Waals surface area (Å²) in [7, 11) is 0. The summed E-state index contributed by atoms with van der Waals surface area (Å²) in [6.07, 6.45) is 3.15. The number of ketones is 1. The number of ether oxygens (including phenoxy) is 1. The first-order valence-electron chi connectivity index (χ1n) is 7.29. The Balaban J connectivity index is 1.78. The molecule has 0 N–H and O–H groups in total. The highest BCUT2D eigenvalue weighted by atomic mass is 16.5. The fourth-order valence-corrected chi connectivity index (χ4v) is 3.14. The highest BCUT2D eigenvalue weighted by molar-refractivity contribution is 5.82. The zero-order chi connectivity index (χ0) is 13.2. The summed E-state index contributed by atoms with van der Waals surface area (Å²) in [4.78, 5) is 14.2. The van der Waals surface area contributed by atoms with Crippen LogP contribution >= 0.6 is 0 Å². The Morgan fingerprint density at radius 1 is 1.28 bits per heavy atom. The molecule has 0 spiro atoms. The Kier molecular flexibility index (Phi) is 4.44. The Labute approximate surface area is 111 Å². The molecule has 2 aliphatic heterocycles. The predicted molar refractivity (Wildman–Crippen MR) is 72.6 cm³/mol. The molecule has 2 saturated heterocycles. The Morgan fingerprint density at radius 2 is 1.94 bits per heavy atom. The number of hydrogen-bond donors (Lipinski definition) is 0. The highest BCUT2D eigenvalue weighted by Crippen LogP contribution is 2.34. The number of carbonyl (C=O) groups excluding carboxylic acids is 1. The van der Waals surface area contributed by atoms with Crippen LogP contribution in [0.5, 0.6) is 0 Å². The van der Waals surface area contributed by atoms with Gasteiger partial charge >= 0.3 is 0 Å². The van der Waals surface area contributed by atoms with Gasteiger partial charge in [-0.05, 0) is 37.3 Å². The SMILES string of the molecule is CC(C)(C)C1CCN(CC2COCCC2=O)CC1. The van der Waals surface area contributed by atoms with E-state index in [0.717, 1.165) is 25.6 Å². The van der Waals surface area contributed by atoms with Crippen LogP contribution in [0.3, 0.4) is 0 Å². The van der Waals surface area contributed by atoms with E-state index in [0.29, 0.717) is 30.8 Å². The van der Waals surface area contributed by atoms with Gasteiger partial charge in [0.2, 0.25) is 0 Å². The number of piperidine rings is 1. The second-order valence-corrected chi connectivity index (χ2v) is 6.93. The summed E-state index contributed by atoms with van der Waals surface area (Å²) < 4.78 is 5.42. The largest absolute Gasteiger partial charge is 0.380 e. The molecule has 0 aromatic carbocycles. The van der Waals surface area contributed by atoms with Crippen LogP contribution in [0.1, 0.15) is 40.0 Å². The molecule has 1 unspecified atom stereocenters. The summed E-state index contributed by atoms with van der Waals surface area (Å²) in [6.45, 7) is 11.5. The van der Waals surface area contributed by atoms with Crippen LogP contribution in [0.25, 0.3) is 0 Å². The Bertz CT molecular complexity index is 287. The van der Waals surface area contributed by atoms with Gasteiger partial charge in [0.15, 0.2) is 0 Å². The minimum atomic E-state index is 0.130. The van der Waals surface area contributed by atoms with Gasteiger partial charge in [-0.3, -0.25) is 4.79 Å². The van der Waals surface area contributed by atoms with Crippen molar-refractivity contribution in [1.82, 2.24) is 4.90 Å². The molecule has 0 aromatic rings. The van der Waals surface area contributed by atoms with Gasteiger partial charge in [-0.15, -0.1) is 0 Å². The molecular formula is C15H27NO2. The summed E-state index contributed by atoms with van der Waals surface area (Å²) >= 11 is 0. The van der Waals surface area contributed by atoms with E-state index in [1.54, 1.807) is 0 Å². The molecule has 0 aliphatic carbocycles. The van der Waals surface area contributed by atoms with Crippen molar-refractivity contribution in [3.8, 4) is 0 Å². The maximum atomic E-state index is 11.8. The number of likely N-dealkylation sites (tertiary alicyclic amines) is 1. The van der Waals surface area contributed by atoms with Crippen LogP contribution in [0, 0.1) is 17.3 Å². The van der Waals surface area contributed by atoms with Gasteiger partial charge in [-0.1, -0.05) is 20.8 Å². The second kappa shape index (κ2) is 5.70. The van der Waals surface area contributed by atoms with E-state index in [2.05, 4.69) is 25.7 Å². The summed E-state index contributed by atoms with van der Waals surface area (Å²) in [6, 6.07) is 0. The molecule has 104 valence electrons. The number of Topliss-reactive ketones (excluding diaryl/α,β-unsaturated/α-hetero) is 1. The lowest BCUT2D eigenvalue weighted by molar-refractivity contribution is -0.131. The van der Waals surface area contributed by atoms with Gasteiger partial charge in [0.25, 0.3) is 0 Å². The number of nitrogens with zero attached hydrogens (tertiary/aromatic N) is 1. The minimum Gasteiger partial charge on any atom is -0.380 e. The molecule has 0 bridgehead atoms. The van der Waals surface area contributed by atoms with Crippen molar-refractivity contribution in [3.63, 3.8) is 0 Å². The molecule has 2 heterocycles. The van der Waals surface area contributed by atoms with Crippen molar-refractivity contribution in [2.75, 3.05) is 32.8 Å². The molecule has 0 amide bonds. The van der Waals surface area contributed by atoms with Crippen molar-refractivity contribution in [2.24, 2.45) is 17.3 Å². The van der Waals surface area contributed by atoms with E-state index in [9.17, 15) is 4.79 Å². The van der Waals surface area contributed by atoms with Crippen molar-refractivity contribution in [1.29, 1.82) is 0 Å². The molecular weight excluding hydrogens is 226 g/mol. The molecule has 2 rings (SSSR count). The molecule has 0 aromatic heterocycles. The highest BCUT2D eigenvalue weighted by Gasteiger charge is 2.31. The molecule has 2 fully saturated rings. The van der Waals surface area contributed by atoms with Crippen LogP contribution in [-0.2, 0) is 9.53 Å². The normalized spacial score (nSPS) is 28.6. The molecule has 18 heavy (non-hydrogen) atoms. The molecule has 3 heteroatoms. The van der Waals surface area contributed by atoms with Crippen LogP contribution in [0.4, 0.5) is 0 Å². The summed E-state index contributed by atoms with van der Waals surface area (Å²) in [5.74, 6) is 1.36. The first-order valence-corrected chi connectivity index (χ1v) is 7.29. The van der Waals surface area contributed by atoms with E-state index in [4.69, 9.17) is 4.74 Å². The fraction of sp³-hybridized carbons (Fsp3) is 0.933. The van der Waals surface area contributed by atoms with E-state index in [-0.39, 0.29) is 5.92 Å².